The van der Waals surface area contributed by atoms with Crippen molar-refractivity contribution < 1.29 is 9.59 Å². The van der Waals surface area contributed by atoms with Crippen LogP contribution in [0.4, 0.5) is 5.82 Å². The number of thiophene rings is 1. The molecule has 1 atom stereocenters. The number of pyridine rings is 1. The molecule has 2 amide bonds. The predicted octanol–water partition coefficient (Wildman–Crippen LogP) is 4.15. The number of carbonyl (C=O) groups excluding carboxylic acids is 2. The number of amides is 2. The number of anilines is 1. The fourth-order valence-corrected chi connectivity index (χ4v) is 5.44. The van der Waals surface area contributed by atoms with Crippen molar-refractivity contribution in [2.24, 2.45) is 5.92 Å². The normalized spacial score (nSPS) is 17.1. The largest absolute Gasteiger partial charge is 0.337 e. The molecule has 1 aliphatic rings. The van der Waals surface area contributed by atoms with Gasteiger partial charge in [-0.15, -0.1) is 22.7 Å². The van der Waals surface area contributed by atoms with Gasteiger partial charge < -0.3 is 10.2 Å². The molecule has 1 fully saturated rings. The Bertz CT molecular complexity index is 1210. The van der Waals surface area contributed by atoms with E-state index in [0.29, 0.717) is 28.8 Å². The molecule has 0 aromatic carbocycles. The van der Waals surface area contributed by atoms with Gasteiger partial charge in [-0.3, -0.25) is 14.0 Å². The van der Waals surface area contributed by atoms with E-state index in [4.69, 9.17) is 11.6 Å². The summed E-state index contributed by atoms with van der Waals surface area (Å²) in [5.41, 5.74) is 0.953. The van der Waals surface area contributed by atoms with E-state index in [1.165, 1.54) is 17.5 Å². The molecule has 0 aliphatic carbocycles. The van der Waals surface area contributed by atoms with Crippen LogP contribution in [0.25, 0.3) is 15.3 Å². The van der Waals surface area contributed by atoms with Crippen LogP contribution >= 0.6 is 34.3 Å². The molecule has 29 heavy (non-hydrogen) atoms. The van der Waals surface area contributed by atoms with Crippen molar-refractivity contribution >= 4 is 67.2 Å². The maximum Gasteiger partial charge on any atom is 0.264 e. The molecule has 7 nitrogen and oxygen atoms in total. The number of fused-ring (bicyclic) bond motifs is 3. The summed E-state index contributed by atoms with van der Waals surface area (Å²) in [5.74, 6) is 0.0285. The fourth-order valence-electron chi connectivity index (χ4n) is 3.56. The minimum absolute atomic E-state index is 0.0425. The predicted molar refractivity (Wildman–Crippen MR) is 115 cm³/mol. The quantitative estimate of drug-likeness (QED) is 0.513. The Morgan fingerprint density at radius 1 is 1.31 bits per heavy atom. The van der Waals surface area contributed by atoms with Crippen LogP contribution in [0.5, 0.6) is 0 Å². The number of imidazole rings is 1. The van der Waals surface area contributed by atoms with Gasteiger partial charge in [0, 0.05) is 30.9 Å². The highest BCUT2D eigenvalue weighted by Crippen LogP contribution is 2.30. The molecule has 1 N–H and O–H groups in total. The van der Waals surface area contributed by atoms with Gasteiger partial charge >= 0.3 is 0 Å². The Morgan fingerprint density at radius 3 is 3.03 bits per heavy atom. The Morgan fingerprint density at radius 2 is 2.21 bits per heavy atom. The summed E-state index contributed by atoms with van der Waals surface area (Å²) in [6.45, 7) is 1.05. The second-order valence-corrected chi connectivity index (χ2v) is 9.25. The molecule has 5 heterocycles. The number of hydrogen-bond donors (Lipinski definition) is 1. The number of rotatable bonds is 3. The third-order valence-corrected chi connectivity index (χ3v) is 6.99. The third-order valence-electron chi connectivity index (χ3n) is 5.01. The highest BCUT2D eigenvalue weighted by molar-refractivity contribution is 7.21. The van der Waals surface area contributed by atoms with Crippen molar-refractivity contribution in [1.29, 1.82) is 0 Å². The topological polar surface area (TPSA) is 79.6 Å². The lowest BCUT2D eigenvalue weighted by Gasteiger charge is -2.31. The van der Waals surface area contributed by atoms with Crippen LogP contribution in [0.3, 0.4) is 0 Å². The summed E-state index contributed by atoms with van der Waals surface area (Å²) in [6.07, 6.45) is 4.98. The van der Waals surface area contributed by atoms with Gasteiger partial charge in [0.05, 0.1) is 21.3 Å². The molecule has 0 radical (unpaired) electrons. The third kappa shape index (κ3) is 3.50. The minimum Gasteiger partial charge on any atom is -0.337 e. The van der Waals surface area contributed by atoms with Crippen molar-refractivity contribution in [3.63, 3.8) is 0 Å². The maximum absolute atomic E-state index is 13.0. The fraction of sp³-hybridized carbons (Fsp3) is 0.263. The van der Waals surface area contributed by atoms with Crippen molar-refractivity contribution in [2.45, 2.75) is 12.8 Å². The zero-order valence-electron chi connectivity index (χ0n) is 15.2. The second kappa shape index (κ2) is 7.40. The molecular weight excluding hydrogens is 430 g/mol. The van der Waals surface area contributed by atoms with Gasteiger partial charge in [0.25, 0.3) is 5.91 Å². The molecule has 1 aliphatic heterocycles. The Labute approximate surface area is 178 Å². The number of aromatic nitrogens is 3. The van der Waals surface area contributed by atoms with E-state index in [0.717, 1.165) is 28.1 Å². The summed E-state index contributed by atoms with van der Waals surface area (Å²) >= 11 is 8.81. The van der Waals surface area contributed by atoms with Crippen LogP contribution in [0.1, 0.15) is 22.5 Å². The lowest BCUT2D eigenvalue weighted by atomic mass is 9.97. The Balaban J connectivity index is 1.30. The standard InChI is InChI=1S/C19H16ClN5O2S2/c20-12-3-4-15(21-9-12)22-16(26)11-2-1-5-24(10-11)18(27)14-8-13-17(29-14)23-19-25(13)6-7-28-19/h3-4,6-9,11H,1-2,5,10H2,(H,21,22,26). The highest BCUT2D eigenvalue weighted by atomic mass is 35.5. The smallest absolute Gasteiger partial charge is 0.264 e. The number of carbonyl (C=O) groups is 2. The molecular formula is C19H16ClN5O2S2. The first kappa shape index (κ1) is 18.5. The molecule has 0 bridgehead atoms. The number of halogens is 1. The number of likely N-dealkylation sites (tertiary alicyclic amines) is 1. The van der Waals surface area contributed by atoms with Crippen LogP contribution in [0.2, 0.25) is 5.02 Å². The van der Waals surface area contributed by atoms with Crippen molar-refractivity contribution in [2.75, 3.05) is 18.4 Å². The molecule has 4 aromatic heterocycles. The summed E-state index contributed by atoms with van der Waals surface area (Å²) in [7, 11) is 0. The summed E-state index contributed by atoms with van der Waals surface area (Å²) < 4.78 is 2.00. The molecule has 148 valence electrons. The van der Waals surface area contributed by atoms with E-state index < -0.39 is 0 Å². The van der Waals surface area contributed by atoms with Crippen LogP contribution in [0.15, 0.2) is 36.0 Å². The van der Waals surface area contributed by atoms with Crippen molar-refractivity contribution in [3.05, 3.63) is 45.9 Å². The van der Waals surface area contributed by atoms with Gasteiger partial charge in [-0.05, 0) is 31.0 Å². The van der Waals surface area contributed by atoms with Gasteiger partial charge in [0.15, 0.2) is 4.96 Å². The lowest BCUT2D eigenvalue weighted by Crippen LogP contribution is -2.43. The highest BCUT2D eigenvalue weighted by Gasteiger charge is 2.30. The van der Waals surface area contributed by atoms with Gasteiger partial charge in [-0.25, -0.2) is 9.97 Å². The number of piperidine rings is 1. The zero-order valence-corrected chi connectivity index (χ0v) is 17.6. The average Bonchev–Trinajstić information content (AvgIpc) is 3.41. The summed E-state index contributed by atoms with van der Waals surface area (Å²) in [4.78, 5) is 38.6. The van der Waals surface area contributed by atoms with Crippen LogP contribution in [0, 0.1) is 5.92 Å². The first-order chi connectivity index (χ1) is 14.1. The van der Waals surface area contributed by atoms with E-state index in [2.05, 4.69) is 15.3 Å². The number of thiazole rings is 1. The van der Waals surface area contributed by atoms with Crippen LogP contribution in [-0.4, -0.2) is 44.2 Å². The van der Waals surface area contributed by atoms with E-state index in [9.17, 15) is 9.59 Å². The van der Waals surface area contributed by atoms with E-state index >= 15 is 0 Å². The maximum atomic E-state index is 13.0. The van der Waals surface area contributed by atoms with Crippen molar-refractivity contribution in [1.82, 2.24) is 19.3 Å². The van der Waals surface area contributed by atoms with Gasteiger partial charge in [-0.1, -0.05) is 11.6 Å². The molecule has 5 rings (SSSR count). The summed E-state index contributed by atoms with van der Waals surface area (Å²) in [5, 5.41) is 5.31. The number of nitrogens with zero attached hydrogens (tertiary/aromatic N) is 4. The number of nitrogens with one attached hydrogen (secondary N) is 1. The van der Waals surface area contributed by atoms with Crippen LogP contribution < -0.4 is 5.32 Å². The molecule has 4 aromatic rings. The SMILES string of the molecule is O=C(Nc1ccc(Cl)cn1)C1CCCN(C(=O)c2cc3c(nc4sccn43)s2)C1. The van der Waals surface area contributed by atoms with Gasteiger partial charge in [0.1, 0.15) is 10.6 Å². The van der Waals surface area contributed by atoms with Crippen LogP contribution in [-0.2, 0) is 4.79 Å². The minimum atomic E-state index is -0.264. The lowest BCUT2D eigenvalue weighted by molar-refractivity contribution is -0.121. The van der Waals surface area contributed by atoms with E-state index in [-0.39, 0.29) is 17.7 Å². The monoisotopic (exact) mass is 445 g/mol. The molecule has 10 heteroatoms. The second-order valence-electron chi connectivity index (χ2n) is 6.91. The molecule has 0 saturated carbocycles. The van der Waals surface area contributed by atoms with E-state index in [1.807, 2.05) is 22.0 Å². The average molecular weight is 446 g/mol. The first-order valence-electron chi connectivity index (χ1n) is 9.15. The molecule has 1 unspecified atom stereocenters. The van der Waals surface area contributed by atoms with Gasteiger partial charge in [0.2, 0.25) is 5.91 Å². The molecule has 0 spiro atoms. The summed E-state index contributed by atoms with van der Waals surface area (Å²) in [6, 6.07) is 5.24. The van der Waals surface area contributed by atoms with E-state index in [1.54, 1.807) is 28.4 Å². The first-order valence-corrected chi connectivity index (χ1v) is 11.2. The van der Waals surface area contributed by atoms with Gasteiger partial charge in [-0.2, -0.15) is 0 Å². The Kier molecular flexibility index (Phi) is 4.73. The van der Waals surface area contributed by atoms with Crippen molar-refractivity contribution in [3.8, 4) is 0 Å². The molecule has 1 saturated heterocycles. The number of hydrogen-bond acceptors (Lipinski definition) is 6. The zero-order chi connectivity index (χ0) is 20.0. The Hall–Kier alpha value is -2.49.